The van der Waals surface area contributed by atoms with E-state index in [0.29, 0.717) is 0 Å². The molecule has 0 aromatic heterocycles. The predicted molar refractivity (Wildman–Crippen MR) is 86.1 cm³/mol. The van der Waals surface area contributed by atoms with Gasteiger partial charge in [-0.15, -0.1) is 0 Å². The lowest BCUT2D eigenvalue weighted by molar-refractivity contribution is 0.395. The highest BCUT2D eigenvalue weighted by Crippen LogP contribution is 2.52. The van der Waals surface area contributed by atoms with E-state index in [0.717, 1.165) is 18.2 Å². The number of hydrogen-bond donors (Lipinski definition) is 0. The molecule has 2 rings (SSSR count). The van der Waals surface area contributed by atoms with Crippen LogP contribution in [0.2, 0.25) is 0 Å². The Bertz CT molecular complexity index is 319. The molecule has 1 heterocycles. The van der Waals surface area contributed by atoms with E-state index < -0.39 is 0 Å². The third-order valence-corrected chi connectivity index (χ3v) is 6.90. The molecule has 0 saturated heterocycles. The molecular formula is C14H26N2PS+. The van der Waals surface area contributed by atoms with Crippen molar-refractivity contribution < 1.29 is 0 Å². The van der Waals surface area contributed by atoms with Crippen LogP contribution in [0.5, 0.6) is 0 Å². The van der Waals surface area contributed by atoms with Gasteiger partial charge in [-0.25, -0.2) is 0 Å². The largest absolute Gasteiger partial charge is 0.320 e. The van der Waals surface area contributed by atoms with Gasteiger partial charge in [0, 0.05) is 24.6 Å². The minimum Gasteiger partial charge on any atom is -0.320 e. The zero-order valence-electron chi connectivity index (χ0n) is 11.7. The summed E-state index contributed by atoms with van der Waals surface area (Å²) in [5, 5.41) is 0. The van der Waals surface area contributed by atoms with E-state index in [4.69, 9.17) is 0 Å². The highest BCUT2D eigenvalue weighted by molar-refractivity contribution is 7.96. The molecule has 1 fully saturated rings. The molecule has 4 heteroatoms. The summed E-state index contributed by atoms with van der Waals surface area (Å²) in [6.45, 7) is 3.33. The standard InChI is InChI=1S/C14H26N2PS/c1-4-5-6-7-13-10-14(13)17(2)12-15-8-9-16(11-15)18-3/h8-9,13-14H,2,4-7,10-12H2,1,3H3/q+1. The Labute approximate surface area is 117 Å². The third-order valence-electron chi connectivity index (χ3n) is 3.90. The second-order valence-electron chi connectivity index (χ2n) is 5.42. The van der Waals surface area contributed by atoms with Crippen LogP contribution in [0.15, 0.2) is 12.4 Å². The monoisotopic (exact) mass is 285 g/mol. The SMILES string of the molecule is C=[P+](CN1C=CN(SC)C1)C1CC1CCCCC. The van der Waals surface area contributed by atoms with Gasteiger partial charge in [-0.3, -0.25) is 0 Å². The van der Waals surface area contributed by atoms with E-state index in [1.807, 2.05) is 0 Å². The molecule has 0 radical (unpaired) electrons. The van der Waals surface area contributed by atoms with Crippen molar-refractivity contribution in [2.24, 2.45) is 5.92 Å². The second-order valence-corrected chi connectivity index (χ2v) is 8.37. The minimum absolute atomic E-state index is 0.0349. The molecule has 1 aliphatic carbocycles. The van der Waals surface area contributed by atoms with Crippen LogP contribution in [0.3, 0.4) is 0 Å². The van der Waals surface area contributed by atoms with E-state index in [1.54, 1.807) is 11.9 Å². The van der Waals surface area contributed by atoms with Crippen molar-refractivity contribution in [2.75, 3.05) is 19.2 Å². The minimum atomic E-state index is -0.0349. The van der Waals surface area contributed by atoms with E-state index in [2.05, 4.69) is 41.1 Å². The van der Waals surface area contributed by atoms with Gasteiger partial charge in [-0.05, 0) is 12.8 Å². The second kappa shape index (κ2) is 6.86. The Morgan fingerprint density at radius 3 is 2.89 bits per heavy atom. The number of hydrogen-bond acceptors (Lipinski definition) is 3. The van der Waals surface area contributed by atoms with Crippen LogP contribution in [-0.4, -0.2) is 40.4 Å². The summed E-state index contributed by atoms with van der Waals surface area (Å²) in [6.07, 6.45) is 19.3. The molecule has 1 aliphatic heterocycles. The van der Waals surface area contributed by atoms with Gasteiger partial charge in [0.25, 0.3) is 0 Å². The lowest BCUT2D eigenvalue weighted by Gasteiger charge is -2.16. The summed E-state index contributed by atoms with van der Waals surface area (Å²) in [7, 11) is -0.0349. The molecule has 2 nitrogen and oxygen atoms in total. The maximum Gasteiger partial charge on any atom is 0.179 e. The normalized spacial score (nSPS) is 26.9. The average molecular weight is 285 g/mol. The van der Waals surface area contributed by atoms with Gasteiger partial charge in [-0.2, -0.15) is 0 Å². The Morgan fingerprint density at radius 2 is 2.22 bits per heavy atom. The predicted octanol–water partition coefficient (Wildman–Crippen LogP) is 4.15. The van der Waals surface area contributed by atoms with Crippen molar-refractivity contribution in [1.29, 1.82) is 0 Å². The van der Waals surface area contributed by atoms with Gasteiger partial charge in [0.2, 0.25) is 0 Å². The Kier molecular flexibility index (Phi) is 5.44. The van der Waals surface area contributed by atoms with E-state index in [9.17, 15) is 0 Å². The van der Waals surface area contributed by atoms with Crippen molar-refractivity contribution in [1.82, 2.24) is 9.21 Å². The summed E-state index contributed by atoms with van der Waals surface area (Å²) < 4.78 is 2.27. The lowest BCUT2D eigenvalue weighted by Crippen LogP contribution is -2.20. The van der Waals surface area contributed by atoms with Gasteiger partial charge in [0.1, 0.15) is 19.9 Å². The number of rotatable bonds is 8. The third kappa shape index (κ3) is 3.93. The fourth-order valence-electron chi connectivity index (χ4n) is 2.64. The van der Waals surface area contributed by atoms with Gasteiger partial charge in [0.05, 0.1) is 6.30 Å². The van der Waals surface area contributed by atoms with Crippen molar-refractivity contribution in [3.05, 3.63) is 12.4 Å². The Balaban J connectivity index is 1.64. The fraction of sp³-hybridized carbons (Fsp3) is 0.786. The van der Waals surface area contributed by atoms with Crippen LogP contribution in [0.25, 0.3) is 0 Å². The summed E-state index contributed by atoms with van der Waals surface area (Å²) in [5.74, 6) is 1.02. The van der Waals surface area contributed by atoms with Gasteiger partial charge in [0.15, 0.2) is 6.29 Å². The maximum atomic E-state index is 4.46. The zero-order chi connectivity index (χ0) is 13.0. The molecule has 102 valence electrons. The molecule has 0 spiro atoms. The Morgan fingerprint density at radius 1 is 1.39 bits per heavy atom. The van der Waals surface area contributed by atoms with Crippen LogP contribution in [0.4, 0.5) is 0 Å². The molecule has 3 atom stereocenters. The molecular weight excluding hydrogens is 259 g/mol. The summed E-state index contributed by atoms with van der Waals surface area (Å²) in [5.41, 5.74) is 0.966. The Hall–Kier alpha value is -0.140. The molecule has 1 saturated carbocycles. The van der Waals surface area contributed by atoms with Gasteiger partial charge < -0.3 is 9.21 Å². The van der Waals surface area contributed by atoms with Crippen LogP contribution >= 0.6 is 19.5 Å². The van der Waals surface area contributed by atoms with Crippen molar-refractivity contribution >= 4 is 25.8 Å². The molecule has 18 heavy (non-hydrogen) atoms. The summed E-state index contributed by atoms with van der Waals surface area (Å²) in [6, 6.07) is 0. The molecule has 0 amide bonds. The van der Waals surface area contributed by atoms with Crippen LogP contribution in [0.1, 0.15) is 39.0 Å². The summed E-state index contributed by atoms with van der Waals surface area (Å²) >= 11 is 1.79. The molecule has 3 unspecified atom stereocenters. The van der Waals surface area contributed by atoms with Gasteiger partial charge in [-0.1, -0.05) is 38.1 Å². The first-order valence-corrected chi connectivity index (χ1v) is 10.0. The molecule has 0 aromatic carbocycles. The molecule has 0 N–H and O–H groups in total. The zero-order valence-corrected chi connectivity index (χ0v) is 13.4. The van der Waals surface area contributed by atoms with Crippen LogP contribution in [-0.2, 0) is 0 Å². The molecule has 0 aromatic rings. The first-order chi connectivity index (χ1) is 8.74. The quantitative estimate of drug-likeness (QED) is 0.376. The van der Waals surface area contributed by atoms with Crippen molar-refractivity contribution in [3.63, 3.8) is 0 Å². The smallest absolute Gasteiger partial charge is 0.179 e. The van der Waals surface area contributed by atoms with E-state index >= 15 is 0 Å². The maximum absolute atomic E-state index is 4.46. The fourth-order valence-corrected chi connectivity index (χ4v) is 5.25. The first kappa shape index (κ1) is 14.3. The van der Waals surface area contributed by atoms with Gasteiger partial charge >= 0.3 is 0 Å². The summed E-state index contributed by atoms with van der Waals surface area (Å²) in [4.78, 5) is 2.43. The highest BCUT2D eigenvalue weighted by Gasteiger charge is 2.46. The van der Waals surface area contributed by atoms with Crippen molar-refractivity contribution in [2.45, 2.75) is 44.7 Å². The lowest BCUT2D eigenvalue weighted by atomic mass is 10.1. The van der Waals surface area contributed by atoms with E-state index in [-0.39, 0.29) is 7.55 Å². The molecule has 2 aliphatic rings. The van der Waals surface area contributed by atoms with E-state index in [1.165, 1.54) is 38.4 Å². The number of unbranched alkanes of at least 4 members (excludes halogenated alkanes) is 2. The van der Waals surface area contributed by atoms with Crippen LogP contribution in [0, 0.1) is 5.92 Å². The first-order valence-electron chi connectivity index (χ1n) is 7.05. The van der Waals surface area contributed by atoms with Crippen molar-refractivity contribution in [3.8, 4) is 0 Å². The average Bonchev–Trinajstić information content (AvgIpc) is 3.00. The molecule has 0 bridgehead atoms. The van der Waals surface area contributed by atoms with Crippen LogP contribution < -0.4 is 0 Å². The highest BCUT2D eigenvalue weighted by atomic mass is 32.2. The number of nitrogens with zero attached hydrogens (tertiary/aromatic N) is 2. The topological polar surface area (TPSA) is 6.48 Å².